The highest BCUT2D eigenvalue weighted by molar-refractivity contribution is 4.54. The van der Waals surface area contributed by atoms with Gasteiger partial charge in [0.05, 0.1) is 6.17 Å². The Morgan fingerprint density at radius 1 is 1.44 bits per heavy atom. The quantitative estimate of drug-likeness (QED) is 0.352. The molecular formula is C6H17N3. The lowest BCUT2D eigenvalue weighted by Gasteiger charge is -2.05. The van der Waals surface area contributed by atoms with Crippen molar-refractivity contribution in [1.29, 1.82) is 0 Å². The van der Waals surface area contributed by atoms with Gasteiger partial charge in [-0.2, -0.15) is 0 Å². The second-order valence-corrected chi connectivity index (χ2v) is 2.22. The van der Waals surface area contributed by atoms with E-state index in [0.29, 0.717) is 0 Å². The lowest BCUT2D eigenvalue weighted by molar-refractivity contribution is 0.574. The zero-order chi connectivity index (χ0) is 7.11. The van der Waals surface area contributed by atoms with Crippen LogP contribution in [0.3, 0.4) is 0 Å². The van der Waals surface area contributed by atoms with Crippen molar-refractivity contribution in [2.24, 2.45) is 11.5 Å². The summed E-state index contributed by atoms with van der Waals surface area (Å²) < 4.78 is 0. The third-order valence-electron chi connectivity index (χ3n) is 1.09. The zero-order valence-electron chi connectivity index (χ0n) is 6.06. The minimum Gasteiger partial charge on any atom is -0.315 e. The molecular weight excluding hydrogens is 114 g/mol. The molecule has 0 bridgehead atoms. The second kappa shape index (κ2) is 6.01. The third kappa shape index (κ3) is 7.88. The van der Waals surface area contributed by atoms with Crippen molar-refractivity contribution in [2.45, 2.75) is 25.9 Å². The fourth-order valence-corrected chi connectivity index (χ4v) is 0.571. The monoisotopic (exact) mass is 131 g/mol. The van der Waals surface area contributed by atoms with Crippen molar-refractivity contribution in [1.82, 2.24) is 5.32 Å². The van der Waals surface area contributed by atoms with Gasteiger partial charge in [-0.1, -0.05) is 13.3 Å². The van der Waals surface area contributed by atoms with Crippen LogP contribution in [-0.4, -0.2) is 19.3 Å². The molecule has 0 aliphatic carbocycles. The molecule has 0 heterocycles. The Balaban J connectivity index is 2.75. The van der Waals surface area contributed by atoms with Gasteiger partial charge in [0.2, 0.25) is 0 Å². The first kappa shape index (κ1) is 8.88. The molecule has 3 nitrogen and oxygen atoms in total. The molecule has 3 heteroatoms. The van der Waals surface area contributed by atoms with E-state index in [4.69, 9.17) is 11.5 Å². The van der Waals surface area contributed by atoms with Gasteiger partial charge >= 0.3 is 0 Å². The molecule has 0 aliphatic heterocycles. The van der Waals surface area contributed by atoms with Gasteiger partial charge in [0.15, 0.2) is 0 Å². The van der Waals surface area contributed by atoms with Crippen molar-refractivity contribution in [3.8, 4) is 0 Å². The lowest BCUT2D eigenvalue weighted by atomic mass is 10.3. The SMILES string of the molecule is CCCCNCC(N)N. The molecule has 0 saturated heterocycles. The van der Waals surface area contributed by atoms with E-state index in [1.807, 2.05) is 0 Å². The highest BCUT2D eigenvalue weighted by atomic mass is 15.0. The summed E-state index contributed by atoms with van der Waals surface area (Å²) in [7, 11) is 0. The van der Waals surface area contributed by atoms with E-state index < -0.39 is 0 Å². The van der Waals surface area contributed by atoms with Crippen LogP contribution in [0, 0.1) is 0 Å². The largest absolute Gasteiger partial charge is 0.315 e. The van der Waals surface area contributed by atoms with Gasteiger partial charge in [-0.3, -0.25) is 0 Å². The molecule has 0 aromatic carbocycles. The molecule has 9 heavy (non-hydrogen) atoms. The zero-order valence-corrected chi connectivity index (χ0v) is 6.06. The Labute approximate surface area is 56.8 Å². The van der Waals surface area contributed by atoms with Crippen LogP contribution in [0.5, 0.6) is 0 Å². The molecule has 0 radical (unpaired) electrons. The minimum absolute atomic E-state index is 0.207. The average Bonchev–Trinajstić information content (AvgIpc) is 1.80. The molecule has 0 aromatic rings. The van der Waals surface area contributed by atoms with E-state index in [2.05, 4.69) is 12.2 Å². The van der Waals surface area contributed by atoms with Crippen molar-refractivity contribution >= 4 is 0 Å². The van der Waals surface area contributed by atoms with Crippen molar-refractivity contribution in [2.75, 3.05) is 13.1 Å². The van der Waals surface area contributed by atoms with Crippen LogP contribution in [0.4, 0.5) is 0 Å². The summed E-state index contributed by atoms with van der Waals surface area (Å²) in [5.74, 6) is 0. The van der Waals surface area contributed by atoms with Crippen LogP contribution in [0.2, 0.25) is 0 Å². The molecule has 0 rings (SSSR count). The van der Waals surface area contributed by atoms with Gasteiger partial charge in [-0.25, -0.2) is 0 Å². The highest BCUT2D eigenvalue weighted by Gasteiger charge is 1.90. The summed E-state index contributed by atoms with van der Waals surface area (Å²) >= 11 is 0. The normalized spacial score (nSPS) is 10.7. The van der Waals surface area contributed by atoms with Crippen LogP contribution in [0.25, 0.3) is 0 Å². The number of rotatable bonds is 5. The Morgan fingerprint density at radius 2 is 2.11 bits per heavy atom. The Hall–Kier alpha value is -0.120. The van der Waals surface area contributed by atoms with E-state index in [1.165, 1.54) is 12.8 Å². The topological polar surface area (TPSA) is 64.1 Å². The number of nitrogens with one attached hydrogen (secondary N) is 1. The van der Waals surface area contributed by atoms with E-state index in [0.717, 1.165) is 13.1 Å². The van der Waals surface area contributed by atoms with E-state index in [-0.39, 0.29) is 6.17 Å². The summed E-state index contributed by atoms with van der Waals surface area (Å²) in [6.45, 7) is 3.91. The van der Waals surface area contributed by atoms with E-state index in [9.17, 15) is 0 Å². The number of unbranched alkanes of at least 4 members (excludes halogenated alkanes) is 1. The maximum atomic E-state index is 5.29. The van der Waals surface area contributed by atoms with Crippen LogP contribution < -0.4 is 16.8 Å². The van der Waals surface area contributed by atoms with E-state index >= 15 is 0 Å². The molecule has 0 amide bonds. The summed E-state index contributed by atoms with van der Waals surface area (Å²) in [6.07, 6.45) is 2.21. The van der Waals surface area contributed by atoms with Crippen LogP contribution in [-0.2, 0) is 0 Å². The van der Waals surface area contributed by atoms with Crippen molar-refractivity contribution in [3.63, 3.8) is 0 Å². The van der Waals surface area contributed by atoms with Crippen LogP contribution >= 0.6 is 0 Å². The molecule has 0 spiro atoms. The van der Waals surface area contributed by atoms with Crippen LogP contribution in [0.15, 0.2) is 0 Å². The van der Waals surface area contributed by atoms with Crippen molar-refractivity contribution < 1.29 is 0 Å². The first-order valence-electron chi connectivity index (χ1n) is 3.49. The maximum Gasteiger partial charge on any atom is 0.0649 e. The van der Waals surface area contributed by atoms with Gasteiger partial charge in [0, 0.05) is 6.54 Å². The molecule has 0 fully saturated rings. The fourth-order valence-electron chi connectivity index (χ4n) is 0.571. The molecule has 0 saturated carbocycles. The summed E-state index contributed by atoms with van der Waals surface area (Å²) in [6, 6.07) is 0. The Kier molecular flexibility index (Phi) is 5.93. The first-order chi connectivity index (χ1) is 4.27. The standard InChI is InChI=1S/C6H17N3/c1-2-3-4-9-5-6(7)8/h6,9H,2-5,7-8H2,1H3. The summed E-state index contributed by atoms with van der Waals surface area (Å²) in [5, 5.41) is 3.14. The van der Waals surface area contributed by atoms with Gasteiger partial charge in [0.25, 0.3) is 0 Å². The van der Waals surface area contributed by atoms with Gasteiger partial charge in [-0.05, 0) is 13.0 Å². The fraction of sp³-hybridized carbons (Fsp3) is 1.00. The highest BCUT2D eigenvalue weighted by Crippen LogP contribution is 1.80. The van der Waals surface area contributed by atoms with Crippen molar-refractivity contribution in [3.05, 3.63) is 0 Å². The smallest absolute Gasteiger partial charge is 0.0649 e. The lowest BCUT2D eigenvalue weighted by Crippen LogP contribution is -2.41. The third-order valence-corrected chi connectivity index (χ3v) is 1.09. The first-order valence-corrected chi connectivity index (χ1v) is 3.49. The molecule has 56 valence electrons. The second-order valence-electron chi connectivity index (χ2n) is 2.22. The van der Waals surface area contributed by atoms with Gasteiger partial charge in [-0.15, -0.1) is 0 Å². The average molecular weight is 131 g/mol. The van der Waals surface area contributed by atoms with Gasteiger partial charge in [0.1, 0.15) is 0 Å². The Morgan fingerprint density at radius 3 is 2.56 bits per heavy atom. The summed E-state index contributed by atoms with van der Waals surface area (Å²) in [4.78, 5) is 0. The molecule has 0 aromatic heterocycles. The number of nitrogens with two attached hydrogens (primary N) is 2. The minimum atomic E-state index is -0.207. The predicted molar refractivity (Wildman–Crippen MR) is 39.9 cm³/mol. The number of hydrogen-bond donors (Lipinski definition) is 3. The Bertz CT molecular complexity index is 54.3. The van der Waals surface area contributed by atoms with Gasteiger partial charge < -0.3 is 16.8 Å². The molecule has 0 aliphatic rings. The van der Waals surface area contributed by atoms with E-state index in [1.54, 1.807) is 0 Å². The molecule has 0 atom stereocenters. The maximum absolute atomic E-state index is 5.29. The predicted octanol–water partition coefficient (Wildman–Crippen LogP) is -0.380. The summed E-state index contributed by atoms with van der Waals surface area (Å²) in [5.41, 5.74) is 10.6. The molecule has 5 N–H and O–H groups in total. The number of hydrogen-bond acceptors (Lipinski definition) is 3. The molecule has 0 unspecified atom stereocenters. The van der Waals surface area contributed by atoms with Crippen LogP contribution in [0.1, 0.15) is 19.8 Å².